The molecule has 1 unspecified atom stereocenters. The summed E-state index contributed by atoms with van der Waals surface area (Å²) in [7, 11) is 0. The first kappa shape index (κ1) is 12.7. The van der Waals surface area contributed by atoms with Crippen LogP contribution in [0.4, 0.5) is 4.39 Å². The van der Waals surface area contributed by atoms with Gasteiger partial charge in [0.2, 0.25) is 0 Å². The SMILES string of the molecule is CCC(=O)C(Br)Cc1cc(F)cc(Cl)c1. The molecule has 0 saturated heterocycles. The van der Waals surface area contributed by atoms with E-state index in [1.807, 2.05) is 0 Å². The number of hydrogen-bond acceptors (Lipinski definition) is 1. The van der Waals surface area contributed by atoms with Crippen LogP contribution in [0.5, 0.6) is 0 Å². The molecule has 15 heavy (non-hydrogen) atoms. The lowest BCUT2D eigenvalue weighted by molar-refractivity contribution is -0.118. The molecule has 1 nitrogen and oxygen atoms in total. The molecule has 1 atom stereocenters. The van der Waals surface area contributed by atoms with Crippen LogP contribution in [-0.2, 0) is 11.2 Å². The first-order valence-corrected chi connectivity index (χ1v) is 5.94. The molecule has 1 aromatic carbocycles. The van der Waals surface area contributed by atoms with Crippen LogP contribution in [0.1, 0.15) is 18.9 Å². The topological polar surface area (TPSA) is 17.1 Å². The average Bonchev–Trinajstić information content (AvgIpc) is 2.14. The van der Waals surface area contributed by atoms with Crippen molar-refractivity contribution in [1.82, 2.24) is 0 Å². The van der Waals surface area contributed by atoms with E-state index in [2.05, 4.69) is 15.9 Å². The van der Waals surface area contributed by atoms with Crippen molar-refractivity contribution in [2.45, 2.75) is 24.6 Å². The predicted octanol–water partition coefficient (Wildman–Crippen LogP) is 3.76. The Bertz CT molecular complexity index is 347. The maximum absolute atomic E-state index is 13.0. The minimum absolute atomic E-state index is 0.107. The molecular weight excluding hydrogens is 282 g/mol. The molecule has 1 aromatic rings. The number of carbonyl (C=O) groups excluding carboxylic acids is 1. The Kier molecular flexibility index (Phi) is 4.74. The number of Topliss-reactive ketones (excluding diaryl/α,β-unsaturated/α-hetero) is 1. The summed E-state index contributed by atoms with van der Waals surface area (Å²) < 4.78 is 13.0. The molecule has 0 aromatic heterocycles. The van der Waals surface area contributed by atoms with Gasteiger partial charge in [0, 0.05) is 11.4 Å². The second-order valence-electron chi connectivity index (χ2n) is 3.27. The fourth-order valence-corrected chi connectivity index (χ4v) is 2.21. The van der Waals surface area contributed by atoms with Gasteiger partial charge in [0.25, 0.3) is 0 Å². The Morgan fingerprint density at radius 1 is 1.53 bits per heavy atom. The van der Waals surface area contributed by atoms with Gasteiger partial charge in [0.1, 0.15) is 11.6 Å². The largest absolute Gasteiger partial charge is 0.298 e. The van der Waals surface area contributed by atoms with Crippen LogP contribution in [0, 0.1) is 5.82 Å². The van der Waals surface area contributed by atoms with Crippen molar-refractivity contribution >= 4 is 33.3 Å². The Hall–Kier alpha value is -0.410. The van der Waals surface area contributed by atoms with Crippen LogP contribution in [0.25, 0.3) is 0 Å². The number of alkyl halides is 1. The highest BCUT2D eigenvalue weighted by atomic mass is 79.9. The smallest absolute Gasteiger partial charge is 0.146 e. The highest BCUT2D eigenvalue weighted by Gasteiger charge is 2.13. The van der Waals surface area contributed by atoms with Crippen molar-refractivity contribution in [2.75, 3.05) is 0 Å². The Morgan fingerprint density at radius 3 is 2.73 bits per heavy atom. The molecule has 82 valence electrons. The molecule has 0 bridgehead atoms. The first-order chi connectivity index (χ1) is 7.02. The molecule has 0 aliphatic heterocycles. The summed E-state index contributed by atoms with van der Waals surface area (Å²) in [5.41, 5.74) is 0.726. The van der Waals surface area contributed by atoms with E-state index in [-0.39, 0.29) is 16.4 Å². The zero-order valence-electron chi connectivity index (χ0n) is 8.27. The molecule has 0 spiro atoms. The van der Waals surface area contributed by atoms with Crippen LogP contribution in [0.15, 0.2) is 18.2 Å². The number of carbonyl (C=O) groups is 1. The van der Waals surface area contributed by atoms with Crippen LogP contribution in [0.3, 0.4) is 0 Å². The lowest BCUT2D eigenvalue weighted by Gasteiger charge is -2.07. The summed E-state index contributed by atoms with van der Waals surface area (Å²) in [5, 5.41) is 0.355. The fraction of sp³-hybridized carbons (Fsp3) is 0.364. The number of benzene rings is 1. The van der Waals surface area contributed by atoms with Gasteiger partial charge < -0.3 is 0 Å². The zero-order chi connectivity index (χ0) is 11.4. The van der Waals surface area contributed by atoms with Crippen molar-refractivity contribution in [3.05, 3.63) is 34.6 Å². The van der Waals surface area contributed by atoms with Gasteiger partial charge in [-0.15, -0.1) is 0 Å². The number of halogens is 3. The van der Waals surface area contributed by atoms with E-state index in [4.69, 9.17) is 11.6 Å². The average molecular weight is 294 g/mol. The van der Waals surface area contributed by atoms with Crippen molar-refractivity contribution in [2.24, 2.45) is 0 Å². The summed E-state index contributed by atoms with van der Waals surface area (Å²) in [6.45, 7) is 1.80. The summed E-state index contributed by atoms with van der Waals surface area (Å²) in [4.78, 5) is 11.0. The molecule has 4 heteroatoms. The van der Waals surface area contributed by atoms with E-state index in [1.165, 1.54) is 12.1 Å². The minimum atomic E-state index is -0.374. The number of rotatable bonds is 4. The molecule has 0 N–H and O–H groups in total. The third-order valence-corrected chi connectivity index (χ3v) is 3.09. The molecule has 1 rings (SSSR count). The first-order valence-electron chi connectivity index (χ1n) is 4.64. The van der Waals surface area contributed by atoms with Gasteiger partial charge in [-0.1, -0.05) is 34.5 Å². The maximum atomic E-state index is 13.0. The Morgan fingerprint density at radius 2 is 2.20 bits per heavy atom. The van der Waals surface area contributed by atoms with Crippen molar-refractivity contribution in [3.8, 4) is 0 Å². The predicted molar refractivity (Wildman–Crippen MR) is 63.1 cm³/mol. The van der Waals surface area contributed by atoms with Crippen LogP contribution < -0.4 is 0 Å². The van der Waals surface area contributed by atoms with Gasteiger partial charge in [-0.05, 0) is 30.2 Å². The zero-order valence-corrected chi connectivity index (χ0v) is 10.6. The lowest BCUT2D eigenvalue weighted by atomic mass is 10.1. The van der Waals surface area contributed by atoms with Gasteiger partial charge in [0.05, 0.1) is 4.83 Å². The third kappa shape index (κ3) is 3.92. The molecule has 0 aliphatic carbocycles. The fourth-order valence-electron chi connectivity index (χ4n) is 1.27. The Labute approximate surface area is 102 Å². The summed E-state index contributed by atoms with van der Waals surface area (Å²) in [5.74, 6) is -0.267. The molecular formula is C11H11BrClFO. The normalized spacial score (nSPS) is 12.5. The van der Waals surface area contributed by atoms with Gasteiger partial charge in [0.15, 0.2) is 0 Å². The highest BCUT2D eigenvalue weighted by Crippen LogP contribution is 2.18. The van der Waals surface area contributed by atoms with Crippen molar-refractivity contribution < 1.29 is 9.18 Å². The summed E-state index contributed by atoms with van der Waals surface area (Å²) in [6, 6.07) is 4.31. The van der Waals surface area contributed by atoms with Gasteiger partial charge in [-0.25, -0.2) is 4.39 Å². The molecule has 0 heterocycles. The van der Waals surface area contributed by atoms with Gasteiger partial charge in [-0.3, -0.25) is 4.79 Å². The number of ketones is 1. The van der Waals surface area contributed by atoms with E-state index in [1.54, 1.807) is 13.0 Å². The standard InChI is InChI=1S/C11H11BrClFO/c1-2-11(15)10(12)5-7-3-8(13)6-9(14)4-7/h3-4,6,10H,2,5H2,1H3. The summed E-state index contributed by atoms with van der Waals surface area (Å²) in [6.07, 6.45) is 0.934. The number of hydrogen-bond donors (Lipinski definition) is 0. The molecule has 0 radical (unpaired) electrons. The second kappa shape index (κ2) is 5.61. The summed E-state index contributed by atoms with van der Waals surface area (Å²) >= 11 is 8.98. The van der Waals surface area contributed by atoms with Crippen LogP contribution >= 0.6 is 27.5 Å². The quantitative estimate of drug-likeness (QED) is 0.773. The van der Waals surface area contributed by atoms with E-state index >= 15 is 0 Å². The maximum Gasteiger partial charge on any atom is 0.146 e. The van der Waals surface area contributed by atoms with E-state index < -0.39 is 0 Å². The van der Waals surface area contributed by atoms with Gasteiger partial charge in [-0.2, -0.15) is 0 Å². The molecule has 0 saturated carbocycles. The van der Waals surface area contributed by atoms with Crippen LogP contribution in [0.2, 0.25) is 5.02 Å². The third-order valence-electron chi connectivity index (χ3n) is 2.04. The van der Waals surface area contributed by atoms with E-state index in [9.17, 15) is 9.18 Å². The van der Waals surface area contributed by atoms with E-state index in [0.29, 0.717) is 17.9 Å². The van der Waals surface area contributed by atoms with Crippen molar-refractivity contribution in [1.29, 1.82) is 0 Å². The van der Waals surface area contributed by atoms with Crippen LogP contribution in [-0.4, -0.2) is 10.6 Å². The highest BCUT2D eigenvalue weighted by molar-refractivity contribution is 9.10. The molecule has 0 fully saturated rings. The van der Waals surface area contributed by atoms with Gasteiger partial charge >= 0.3 is 0 Å². The lowest BCUT2D eigenvalue weighted by Crippen LogP contribution is -2.15. The molecule has 0 amide bonds. The van der Waals surface area contributed by atoms with E-state index in [0.717, 1.165) is 5.56 Å². The monoisotopic (exact) mass is 292 g/mol. The Balaban J connectivity index is 2.76. The molecule has 0 aliphatic rings. The minimum Gasteiger partial charge on any atom is -0.298 e. The second-order valence-corrected chi connectivity index (χ2v) is 4.81. The van der Waals surface area contributed by atoms with Crippen molar-refractivity contribution in [3.63, 3.8) is 0 Å².